The van der Waals surface area contributed by atoms with Gasteiger partial charge < -0.3 is 10.5 Å². The molecule has 0 aliphatic carbocycles. The zero-order valence-corrected chi connectivity index (χ0v) is 14.0. The van der Waals surface area contributed by atoms with Crippen LogP contribution in [0.25, 0.3) is 5.69 Å². The zero-order valence-electron chi connectivity index (χ0n) is 14.0. The number of hydrogen-bond acceptors (Lipinski definition) is 6. The van der Waals surface area contributed by atoms with Gasteiger partial charge in [0.15, 0.2) is 0 Å². The number of benzene rings is 1. The first-order valence-corrected chi connectivity index (χ1v) is 8.08. The predicted octanol–water partition coefficient (Wildman–Crippen LogP) is 1.28. The van der Waals surface area contributed by atoms with E-state index < -0.39 is 17.4 Å². The summed E-state index contributed by atoms with van der Waals surface area (Å²) in [5.74, 6) is -0.712. The highest BCUT2D eigenvalue weighted by atomic mass is 16.5. The van der Waals surface area contributed by atoms with Crippen LogP contribution in [0.4, 0.5) is 5.82 Å². The Morgan fingerprint density at radius 3 is 2.56 bits per heavy atom. The molecule has 1 aliphatic heterocycles. The van der Waals surface area contributed by atoms with Gasteiger partial charge in [0.05, 0.1) is 16.8 Å². The Labute approximate surface area is 153 Å². The van der Waals surface area contributed by atoms with Crippen LogP contribution in [0, 0.1) is 0 Å². The van der Waals surface area contributed by atoms with Crippen LogP contribution < -0.4 is 21.3 Å². The average molecular weight is 362 g/mol. The van der Waals surface area contributed by atoms with E-state index in [0.717, 1.165) is 11.6 Å². The smallest absolute Gasteiger partial charge is 0.262 e. The van der Waals surface area contributed by atoms with Crippen molar-refractivity contribution in [2.24, 2.45) is 0 Å². The number of carbonyl (C=O) groups is 2. The van der Waals surface area contributed by atoms with Crippen molar-refractivity contribution < 1.29 is 14.3 Å². The summed E-state index contributed by atoms with van der Waals surface area (Å²) >= 11 is 0. The number of nitrogen functional groups attached to an aromatic ring is 1. The number of carbonyl (C=O) groups excluding carboxylic acids is 2. The number of nitrogens with zero attached hydrogens (tertiary/aromatic N) is 2. The number of ether oxygens (including phenoxy) is 1. The minimum atomic E-state index is -0.620. The number of fused-ring (bicyclic) bond motifs is 1. The second kappa shape index (κ2) is 6.41. The zero-order chi connectivity index (χ0) is 19.0. The predicted molar refractivity (Wildman–Crippen MR) is 96.8 cm³/mol. The lowest BCUT2D eigenvalue weighted by molar-refractivity contribution is 0.0880. The van der Waals surface area contributed by atoms with Gasteiger partial charge in [-0.15, -0.1) is 0 Å². The van der Waals surface area contributed by atoms with Gasteiger partial charge in [0.25, 0.3) is 17.4 Å². The van der Waals surface area contributed by atoms with E-state index in [9.17, 15) is 14.4 Å². The van der Waals surface area contributed by atoms with Crippen molar-refractivity contribution in [1.29, 1.82) is 0 Å². The van der Waals surface area contributed by atoms with E-state index >= 15 is 0 Å². The molecule has 3 heterocycles. The third kappa shape index (κ3) is 2.93. The number of nitrogens with two attached hydrogens (primary N) is 1. The third-order valence-corrected chi connectivity index (χ3v) is 4.18. The Morgan fingerprint density at radius 1 is 1.07 bits per heavy atom. The van der Waals surface area contributed by atoms with Crippen molar-refractivity contribution >= 4 is 17.6 Å². The van der Waals surface area contributed by atoms with E-state index in [0.29, 0.717) is 18.0 Å². The van der Waals surface area contributed by atoms with Crippen LogP contribution in [0.15, 0.2) is 59.7 Å². The standard InChI is InChI=1S/C19H14N4O4/c20-17-16-14(18(25)22-19(16)26)8-15(24)23(17)12-3-5-13(6-4-12)27-10-11-2-1-7-21-9-11/h1-9H,10,20H2,(H,22,25,26). The molecule has 0 saturated carbocycles. The number of pyridine rings is 2. The van der Waals surface area contributed by atoms with Crippen molar-refractivity contribution in [2.45, 2.75) is 6.61 Å². The molecule has 0 radical (unpaired) electrons. The molecule has 0 atom stereocenters. The number of anilines is 1. The van der Waals surface area contributed by atoms with Crippen LogP contribution in [-0.2, 0) is 6.61 Å². The van der Waals surface area contributed by atoms with Crippen LogP contribution in [0.2, 0.25) is 0 Å². The van der Waals surface area contributed by atoms with Crippen molar-refractivity contribution in [1.82, 2.24) is 14.9 Å². The Balaban J connectivity index is 1.63. The molecular weight excluding hydrogens is 348 g/mol. The van der Waals surface area contributed by atoms with Crippen LogP contribution >= 0.6 is 0 Å². The first kappa shape index (κ1) is 16.5. The molecule has 27 heavy (non-hydrogen) atoms. The van der Waals surface area contributed by atoms with Crippen LogP contribution in [0.1, 0.15) is 26.3 Å². The molecule has 2 aromatic heterocycles. The highest BCUT2D eigenvalue weighted by Gasteiger charge is 2.31. The Hall–Kier alpha value is -3.94. The number of aromatic nitrogens is 2. The molecule has 0 saturated heterocycles. The molecule has 0 unspecified atom stereocenters. The Kier molecular flexibility index (Phi) is 3.92. The molecule has 1 aromatic carbocycles. The normalized spacial score (nSPS) is 12.6. The fraction of sp³-hybridized carbons (Fsp3) is 0.0526. The maximum atomic E-state index is 12.4. The first-order valence-electron chi connectivity index (χ1n) is 8.08. The number of hydrogen-bond donors (Lipinski definition) is 2. The summed E-state index contributed by atoms with van der Waals surface area (Å²) in [6, 6.07) is 11.5. The van der Waals surface area contributed by atoms with Gasteiger partial charge in [-0.25, -0.2) is 0 Å². The van der Waals surface area contributed by atoms with Crippen molar-refractivity contribution in [2.75, 3.05) is 5.73 Å². The molecule has 3 aromatic rings. The molecule has 134 valence electrons. The molecule has 2 amide bonds. The highest BCUT2D eigenvalue weighted by molar-refractivity contribution is 6.23. The second-order valence-corrected chi connectivity index (χ2v) is 5.92. The minimum absolute atomic E-state index is 0.00447. The monoisotopic (exact) mass is 362 g/mol. The fourth-order valence-corrected chi connectivity index (χ4v) is 2.89. The van der Waals surface area contributed by atoms with E-state index in [4.69, 9.17) is 10.5 Å². The minimum Gasteiger partial charge on any atom is -0.489 e. The lowest BCUT2D eigenvalue weighted by Crippen LogP contribution is -2.24. The Morgan fingerprint density at radius 2 is 1.85 bits per heavy atom. The van der Waals surface area contributed by atoms with Crippen LogP contribution in [-0.4, -0.2) is 21.4 Å². The number of amides is 2. The fourth-order valence-electron chi connectivity index (χ4n) is 2.89. The van der Waals surface area contributed by atoms with Gasteiger partial charge in [0.1, 0.15) is 18.2 Å². The van der Waals surface area contributed by atoms with Gasteiger partial charge in [0, 0.05) is 24.0 Å². The van der Waals surface area contributed by atoms with Crippen molar-refractivity contribution in [3.05, 3.63) is 81.9 Å². The Bertz CT molecular complexity index is 1110. The van der Waals surface area contributed by atoms with Gasteiger partial charge >= 0.3 is 0 Å². The van der Waals surface area contributed by atoms with E-state index in [1.54, 1.807) is 36.7 Å². The van der Waals surface area contributed by atoms with Crippen LogP contribution in [0.3, 0.4) is 0 Å². The maximum Gasteiger partial charge on any atom is 0.262 e. The summed E-state index contributed by atoms with van der Waals surface area (Å²) in [4.78, 5) is 40.0. The quantitative estimate of drug-likeness (QED) is 0.675. The van der Waals surface area contributed by atoms with Gasteiger partial charge in [-0.2, -0.15) is 0 Å². The molecular formula is C19H14N4O4. The maximum absolute atomic E-state index is 12.4. The highest BCUT2D eigenvalue weighted by Crippen LogP contribution is 2.24. The van der Waals surface area contributed by atoms with Gasteiger partial charge in [0.2, 0.25) is 0 Å². The van der Waals surface area contributed by atoms with Crippen molar-refractivity contribution in [3.63, 3.8) is 0 Å². The summed E-state index contributed by atoms with van der Waals surface area (Å²) in [6.07, 6.45) is 3.40. The average Bonchev–Trinajstić information content (AvgIpc) is 2.95. The van der Waals surface area contributed by atoms with Crippen molar-refractivity contribution in [3.8, 4) is 11.4 Å². The molecule has 0 bridgehead atoms. The molecule has 3 N–H and O–H groups in total. The van der Waals surface area contributed by atoms with E-state index in [2.05, 4.69) is 10.3 Å². The summed E-state index contributed by atoms with van der Waals surface area (Å²) in [7, 11) is 0. The third-order valence-electron chi connectivity index (χ3n) is 4.18. The van der Waals surface area contributed by atoms with E-state index in [1.165, 1.54) is 4.57 Å². The lowest BCUT2D eigenvalue weighted by atomic mass is 10.1. The molecule has 1 aliphatic rings. The van der Waals surface area contributed by atoms with Gasteiger partial charge in [-0.3, -0.25) is 29.3 Å². The lowest BCUT2D eigenvalue weighted by Gasteiger charge is -2.12. The first-order chi connectivity index (χ1) is 13.0. The second-order valence-electron chi connectivity index (χ2n) is 5.92. The molecule has 0 spiro atoms. The summed E-state index contributed by atoms with van der Waals surface area (Å²) in [5.41, 5.74) is 6.90. The van der Waals surface area contributed by atoms with E-state index in [-0.39, 0.29) is 16.9 Å². The largest absolute Gasteiger partial charge is 0.489 e. The summed E-state index contributed by atoms with van der Waals surface area (Å²) in [5, 5.41) is 2.14. The van der Waals surface area contributed by atoms with Crippen LogP contribution in [0.5, 0.6) is 5.75 Å². The molecule has 8 nitrogen and oxygen atoms in total. The summed E-state index contributed by atoms with van der Waals surface area (Å²) in [6.45, 7) is 0.358. The van der Waals surface area contributed by atoms with Gasteiger partial charge in [-0.05, 0) is 30.3 Å². The van der Waals surface area contributed by atoms with Gasteiger partial charge in [-0.1, -0.05) is 6.07 Å². The number of imide groups is 1. The topological polar surface area (TPSA) is 116 Å². The molecule has 0 fully saturated rings. The molecule has 8 heteroatoms. The number of nitrogens with one attached hydrogen (secondary N) is 1. The summed E-state index contributed by atoms with van der Waals surface area (Å²) < 4.78 is 6.86. The molecule has 4 rings (SSSR count). The number of rotatable bonds is 4. The SMILES string of the molecule is Nc1c2c(cc(=O)n1-c1ccc(OCc3cccnc3)cc1)C(=O)NC2=O. The van der Waals surface area contributed by atoms with E-state index in [1.807, 2.05) is 12.1 Å².